The van der Waals surface area contributed by atoms with Crippen molar-refractivity contribution >= 4 is 25.5 Å². The van der Waals surface area contributed by atoms with E-state index in [2.05, 4.69) is 0 Å². The van der Waals surface area contributed by atoms with Gasteiger partial charge in [-0.15, -0.1) is 0 Å². The van der Waals surface area contributed by atoms with Gasteiger partial charge in [-0.3, -0.25) is 14.4 Å². The smallest absolute Gasteiger partial charge is 0.466 e. The predicted octanol–water partition coefficient (Wildman–Crippen LogP) is 0.231. The Labute approximate surface area is 215 Å². The Morgan fingerprint density at radius 1 is 0.462 bits per heavy atom. The summed E-state index contributed by atoms with van der Waals surface area (Å²) in [5, 5.41) is 86.6. The third-order valence-electron chi connectivity index (χ3n) is 4.56. The largest absolute Gasteiger partial charge is 0.504 e. The molecule has 3 amide bonds. The Morgan fingerprint density at radius 2 is 0.615 bits per heavy atom. The lowest BCUT2D eigenvalue weighted by Crippen LogP contribution is -2.42. The van der Waals surface area contributed by atoms with Crippen LogP contribution in [0.5, 0.6) is 51.7 Å². The number of imide groups is 3. The molecule has 12 N–H and O–H groups in total. The van der Waals surface area contributed by atoms with Crippen LogP contribution in [0.2, 0.25) is 0 Å². The maximum absolute atomic E-state index is 13.1. The molecule has 0 spiro atoms. The Morgan fingerprint density at radius 3 is 0.769 bits per heavy atom. The summed E-state index contributed by atoms with van der Waals surface area (Å²) in [7, 11) is -4.64. The summed E-state index contributed by atoms with van der Waals surface area (Å²) in [5.41, 5.74) is -2.06. The van der Waals surface area contributed by atoms with Gasteiger partial charge in [0.1, 0.15) is 0 Å². The fourth-order valence-electron chi connectivity index (χ4n) is 2.85. The highest BCUT2D eigenvalue weighted by atomic mass is 31.2. The van der Waals surface area contributed by atoms with E-state index < -0.39 is 94.0 Å². The highest BCUT2D eigenvalue weighted by Crippen LogP contribution is 2.39. The van der Waals surface area contributed by atoms with Gasteiger partial charge in [-0.05, 0) is 36.4 Å². The number of aromatic hydroxyl groups is 9. The zero-order valence-corrected chi connectivity index (χ0v) is 19.8. The summed E-state index contributed by atoms with van der Waals surface area (Å²) in [6, 6.07) is 3.68. The van der Waals surface area contributed by atoms with E-state index in [1.165, 1.54) is 0 Å². The number of carbonyl (C=O) groups is 3. The summed E-state index contributed by atoms with van der Waals surface area (Å²) in [4.78, 5) is 60.7. The zero-order chi connectivity index (χ0) is 30.0. The third kappa shape index (κ3) is 6.96. The van der Waals surface area contributed by atoms with Gasteiger partial charge in [0.15, 0.2) is 51.7 Å². The van der Waals surface area contributed by atoms with Gasteiger partial charge in [0, 0.05) is 16.7 Å². The average Bonchev–Trinajstić information content (AvgIpc) is 2.82. The molecule has 0 bridgehead atoms. The number of rotatable bonds is 3. The van der Waals surface area contributed by atoms with Crippen LogP contribution < -0.4 is 0 Å². The third-order valence-corrected chi connectivity index (χ3v) is 4.56. The van der Waals surface area contributed by atoms with Crippen molar-refractivity contribution in [1.29, 1.82) is 0 Å². The monoisotopic (exact) mass is 571 g/mol. The van der Waals surface area contributed by atoms with Gasteiger partial charge in [-0.1, -0.05) is 0 Å². The second-order valence-electron chi connectivity index (χ2n) is 7.35. The molecular weight excluding hydrogens is 553 g/mol. The fourth-order valence-corrected chi connectivity index (χ4v) is 2.85. The summed E-state index contributed by atoms with van der Waals surface area (Å²) in [5.74, 6) is -13.4. The van der Waals surface area contributed by atoms with Crippen LogP contribution in [-0.2, 0) is 4.57 Å². The number of phenolic OH excluding ortho intramolecular Hbond substituents is 9. The van der Waals surface area contributed by atoms with Crippen LogP contribution in [-0.4, -0.2) is 83.3 Å². The molecule has 0 aliphatic heterocycles. The zero-order valence-electron chi connectivity index (χ0n) is 18.9. The molecule has 0 saturated carbocycles. The molecule has 0 aliphatic rings. The molecule has 0 heterocycles. The van der Waals surface area contributed by atoms with Gasteiger partial charge in [0.25, 0.3) is 17.7 Å². The van der Waals surface area contributed by atoms with Crippen molar-refractivity contribution in [2.45, 2.75) is 0 Å². The SMILES string of the molecule is O=C(c1cc(O)c(O)c(O)c1)N(C(=O)c1cc(O)c(O)c(O)c1)C(=O)c1cc(O)c(O)c(O)c1.O=P(O)(O)O. The van der Waals surface area contributed by atoms with Crippen LogP contribution in [0.25, 0.3) is 0 Å². The molecule has 3 aromatic carbocycles. The molecule has 0 fully saturated rings. The summed E-state index contributed by atoms with van der Waals surface area (Å²) in [6.07, 6.45) is 0. The molecule has 0 atom stereocenters. The van der Waals surface area contributed by atoms with Gasteiger partial charge in [0.05, 0.1) is 0 Å². The van der Waals surface area contributed by atoms with Crippen molar-refractivity contribution in [1.82, 2.24) is 4.90 Å². The summed E-state index contributed by atoms with van der Waals surface area (Å²) < 4.78 is 8.88. The molecule has 18 heteroatoms. The molecule has 0 radical (unpaired) electrons. The Kier molecular flexibility index (Phi) is 8.49. The summed E-state index contributed by atoms with van der Waals surface area (Å²) >= 11 is 0. The van der Waals surface area contributed by atoms with Crippen LogP contribution >= 0.6 is 7.82 Å². The number of phosphoric acid groups is 1. The molecule has 17 nitrogen and oxygen atoms in total. The van der Waals surface area contributed by atoms with Gasteiger partial charge < -0.3 is 60.6 Å². The van der Waals surface area contributed by atoms with Crippen molar-refractivity contribution in [2.24, 2.45) is 0 Å². The highest BCUT2D eigenvalue weighted by molar-refractivity contribution is 7.45. The standard InChI is InChI=1S/C21H15NO12.H3O4P/c23-10-1-7(2-11(24)16(10)29)19(32)22(20(33)8-3-12(25)17(30)13(26)4-8)21(34)9-5-14(27)18(31)15(28)6-9;1-5(2,3)4/h1-6,23-31H;(H3,1,2,3,4). The predicted molar refractivity (Wildman–Crippen MR) is 123 cm³/mol. The average molecular weight is 571 g/mol. The van der Waals surface area contributed by atoms with E-state index >= 15 is 0 Å². The Bertz CT molecular complexity index is 1290. The molecule has 39 heavy (non-hydrogen) atoms. The van der Waals surface area contributed by atoms with E-state index in [1.807, 2.05) is 0 Å². The molecule has 3 rings (SSSR count). The number of benzene rings is 3. The number of amides is 3. The number of carbonyl (C=O) groups excluding carboxylic acids is 3. The van der Waals surface area contributed by atoms with E-state index in [1.54, 1.807) is 0 Å². The quantitative estimate of drug-likeness (QED) is 0.114. The van der Waals surface area contributed by atoms with Crippen molar-refractivity contribution in [2.75, 3.05) is 0 Å². The van der Waals surface area contributed by atoms with Crippen LogP contribution in [0.1, 0.15) is 31.1 Å². The van der Waals surface area contributed by atoms with Gasteiger partial charge in [-0.25, -0.2) is 9.46 Å². The number of hydrogen-bond acceptors (Lipinski definition) is 13. The van der Waals surface area contributed by atoms with E-state index in [4.69, 9.17) is 19.2 Å². The minimum Gasteiger partial charge on any atom is -0.504 e. The first-order valence-corrected chi connectivity index (χ1v) is 11.4. The molecule has 0 saturated heterocycles. The van der Waals surface area contributed by atoms with Crippen molar-refractivity contribution in [3.8, 4) is 51.7 Å². The maximum atomic E-state index is 13.1. The van der Waals surface area contributed by atoms with Gasteiger partial charge >= 0.3 is 7.82 Å². The minimum absolute atomic E-state index is 0.109. The minimum atomic E-state index is -4.64. The van der Waals surface area contributed by atoms with Crippen molar-refractivity contribution in [3.63, 3.8) is 0 Å². The van der Waals surface area contributed by atoms with E-state index in [9.17, 15) is 60.3 Å². The Balaban J connectivity index is 0.000000976. The van der Waals surface area contributed by atoms with Crippen molar-refractivity contribution in [3.05, 3.63) is 53.1 Å². The first-order chi connectivity index (χ1) is 17.8. The van der Waals surface area contributed by atoms with Crippen LogP contribution in [0.3, 0.4) is 0 Å². The first kappa shape index (κ1) is 30.0. The Hall–Kier alpha value is -5.22. The summed E-state index contributed by atoms with van der Waals surface area (Å²) in [6.45, 7) is 0. The van der Waals surface area contributed by atoms with Gasteiger partial charge in [-0.2, -0.15) is 0 Å². The topological polar surface area (TPSA) is 314 Å². The lowest BCUT2D eigenvalue weighted by molar-refractivity contribution is 0.0536. The molecule has 3 aromatic rings. The molecule has 0 aliphatic carbocycles. The number of nitrogens with zero attached hydrogens (tertiary/aromatic N) is 1. The molecule has 0 aromatic heterocycles. The first-order valence-electron chi connectivity index (χ1n) is 9.79. The van der Waals surface area contributed by atoms with Crippen molar-refractivity contribution < 1.29 is 79.6 Å². The van der Waals surface area contributed by atoms with Crippen LogP contribution in [0.15, 0.2) is 36.4 Å². The molecule has 0 unspecified atom stereocenters. The van der Waals surface area contributed by atoms with E-state index in [0.717, 1.165) is 0 Å². The maximum Gasteiger partial charge on any atom is 0.466 e. The second kappa shape index (κ2) is 11.0. The van der Waals surface area contributed by atoms with Gasteiger partial charge in [0.2, 0.25) is 0 Å². The fraction of sp³-hybridized carbons (Fsp3) is 0. The van der Waals surface area contributed by atoms with E-state index in [-0.39, 0.29) is 4.90 Å². The normalized spacial score (nSPS) is 10.7. The van der Waals surface area contributed by atoms with Crippen LogP contribution in [0.4, 0.5) is 0 Å². The van der Waals surface area contributed by atoms with E-state index in [0.29, 0.717) is 36.4 Å². The number of phenols is 9. The number of hydrogen-bond donors (Lipinski definition) is 12. The second-order valence-corrected chi connectivity index (χ2v) is 8.38. The highest BCUT2D eigenvalue weighted by Gasteiger charge is 2.34. The van der Waals surface area contributed by atoms with Crippen LogP contribution in [0, 0.1) is 0 Å². The molecular formula is C21H18NO16P. The molecule has 208 valence electrons. The lowest BCUT2D eigenvalue weighted by Gasteiger charge is -2.20. The lowest BCUT2D eigenvalue weighted by atomic mass is 10.1.